The van der Waals surface area contributed by atoms with Gasteiger partial charge in [0.15, 0.2) is 5.95 Å². The fourth-order valence-electron chi connectivity index (χ4n) is 1.86. The van der Waals surface area contributed by atoms with Gasteiger partial charge >= 0.3 is 0 Å². The van der Waals surface area contributed by atoms with Crippen LogP contribution >= 0.6 is 0 Å². The van der Waals surface area contributed by atoms with Crippen molar-refractivity contribution in [1.29, 1.82) is 0 Å². The van der Waals surface area contributed by atoms with Crippen molar-refractivity contribution < 1.29 is 4.74 Å². The average Bonchev–Trinajstić information content (AvgIpc) is 2.74. The highest BCUT2D eigenvalue weighted by atomic mass is 16.5. The number of nitrogens with one attached hydrogen (secondary N) is 1. The smallest absolute Gasteiger partial charge is 0.197 e. The number of aromatic amines is 1. The number of imidazole rings is 1. The number of ether oxygens (including phenoxy) is 1. The van der Waals surface area contributed by atoms with Crippen molar-refractivity contribution in [2.45, 2.75) is 19.8 Å². The first-order valence-electron chi connectivity index (χ1n) is 5.68. The molecule has 0 aliphatic rings. The van der Waals surface area contributed by atoms with Gasteiger partial charge in [0.05, 0.1) is 13.3 Å². The Hall–Kier alpha value is -1.97. The van der Waals surface area contributed by atoms with E-state index in [0.717, 1.165) is 29.8 Å². The molecule has 0 unspecified atom stereocenters. The summed E-state index contributed by atoms with van der Waals surface area (Å²) >= 11 is 0. The van der Waals surface area contributed by atoms with Crippen molar-refractivity contribution in [3.8, 4) is 5.75 Å². The molecule has 1 heterocycles. The van der Waals surface area contributed by atoms with Gasteiger partial charge in [0.2, 0.25) is 0 Å². The van der Waals surface area contributed by atoms with Crippen LogP contribution in [0.5, 0.6) is 5.75 Å². The van der Waals surface area contributed by atoms with E-state index < -0.39 is 0 Å². The number of benzene rings is 1. The minimum absolute atomic E-state index is 0.450. The molecule has 0 amide bonds. The van der Waals surface area contributed by atoms with Crippen LogP contribution in [0.1, 0.15) is 23.7 Å². The lowest BCUT2D eigenvalue weighted by molar-refractivity contribution is 0.410. The summed E-state index contributed by atoms with van der Waals surface area (Å²) < 4.78 is 5.36. The van der Waals surface area contributed by atoms with E-state index in [1.54, 1.807) is 13.3 Å². The Morgan fingerprint density at radius 2 is 2.24 bits per heavy atom. The second kappa shape index (κ2) is 4.91. The Labute approximate surface area is 101 Å². The fraction of sp³-hybridized carbons (Fsp3) is 0.308. The van der Waals surface area contributed by atoms with Crippen LogP contribution in [0, 0.1) is 0 Å². The van der Waals surface area contributed by atoms with E-state index in [2.05, 4.69) is 29.0 Å². The third-order valence-corrected chi connectivity index (χ3v) is 2.78. The van der Waals surface area contributed by atoms with Crippen LogP contribution in [0.2, 0.25) is 0 Å². The topological polar surface area (TPSA) is 63.9 Å². The van der Waals surface area contributed by atoms with Crippen LogP contribution in [0.25, 0.3) is 0 Å². The molecule has 1 aromatic heterocycles. The summed E-state index contributed by atoms with van der Waals surface area (Å²) in [4.78, 5) is 7.02. The monoisotopic (exact) mass is 231 g/mol. The Morgan fingerprint density at radius 3 is 2.82 bits per heavy atom. The predicted octanol–water partition coefficient (Wildman–Crippen LogP) is 2.15. The molecule has 3 N–H and O–H groups in total. The molecule has 4 nitrogen and oxygen atoms in total. The molecular formula is C13H17N3O. The van der Waals surface area contributed by atoms with Crippen molar-refractivity contribution >= 4 is 5.95 Å². The van der Waals surface area contributed by atoms with Crippen LogP contribution in [-0.4, -0.2) is 17.1 Å². The molecule has 0 aliphatic heterocycles. The van der Waals surface area contributed by atoms with Crippen molar-refractivity contribution in [3.63, 3.8) is 0 Å². The molecule has 1 aromatic carbocycles. The highest BCUT2D eigenvalue weighted by Gasteiger charge is 2.06. The fourth-order valence-corrected chi connectivity index (χ4v) is 1.86. The summed E-state index contributed by atoms with van der Waals surface area (Å²) in [6.45, 7) is 2.14. The maximum absolute atomic E-state index is 5.56. The second-order valence-corrected chi connectivity index (χ2v) is 3.97. The van der Waals surface area contributed by atoms with Gasteiger partial charge in [0.25, 0.3) is 0 Å². The van der Waals surface area contributed by atoms with Gasteiger partial charge in [-0.1, -0.05) is 19.1 Å². The minimum Gasteiger partial charge on any atom is -0.496 e. The Morgan fingerprint density at radius 1 is 1.41 bits per heavy atom. The molecule has 0 bridgehead atoms. The number of nitrogen functional groups attached to an aromatic ring is 1. The molecule has 0 radical (unpaired) electrons. The van der Waals surface area contributed by atoms with Crippen molar-refractivity contribution in [2.75, 3.05) is 12.8 Å². The van der Waals surface area contributed by atoms with Gasteiger partial charge in [-0.05, 0) is 18.1 Å². The second-order valence-electron chi connectivity index (χ2n) is 3.97. The van der Waals surface area contributed by atoms with Gasteiger partial charge < -0.3 is 15.5 Å². The normalized spacial score (nSPS) is 10.5. The van der Waals surface area contributed by atoms with Crippen LogP contribution in [0.3, 0.4) is 0 Å². The Bertz CT molecular complexity index is 505. The molecule has 0 fully saturated rings. The van der Waals surface area contributed by atoms with E-state index in [1.807, 2.05) is 6.07 Å². The highest BCUT2D eigenvalue weighted by Crippen LogP contribution is 2.22. The third-order valence-electron chi connectivity index (χ3n) is 2.78. The van der Waals surface area contributed by atoms with E-state index in [1.165, 1.54) is 5.56 Å². The Kier molecular flexibility index (Phi) is 3.32. The summed E-state index contributed by atoms with van der Waals surface area (Å²) in [5.74, 6) is 1.35. The third kappa shape index (κ3) is 2.58. The first kappa shape index (κ1) is 11.5. The summed E-state index contributed by atoms with van der Waals surface area (Å²) in [5.41, 5.74) is 9.00. The quantitative estimate of drug-likeness (QED) is 0.847. The molecule has 0 atom stereocenters. The molecule has 2 rings (SSSR count). The first-order chi connectivity index (χ1) is 8.22. The summed E-state index contributed by atoms with van der Waals surface area (Å²) in [7, 11) is 1.69. The maximum Gasteiger partial charge on any atom is 0.197 e. The van der Waals surface area contributed by atoms with Crippen molar-refractivity contribution in [2.24, 2.45) is 0 Å². The molecule has 90 valence electrons. The number of hydrogen-bond acceptors (Lipinski definition) is 3. The standard InChI is InChI=1S/C13H17N3O/c1-3-9-4-5-12(17-2)10(6-9)7-11-8-15-13(14)16-11/h4-6,8H,3,7H2,1-2H3,(H3,14,15,16). The van der Waals surface area contributed by atoms with E-state index in [4.69, 9.17) is 10.5 Å². The van der Waals surface area contributed by atoms with E-state index in [-0.39, 0.29) is 0 Å². The largest absolute Gasteiger partial charge is 0.496 e. The zero-order valence-corrected chi connectivity index (χ0v) is 10.2. The number of H-pyrrole nitrogens is 1. The molecule has 17 heavy (non-hydrogen) atoms. The number of aryl methyl sites for hydroxylation is 1. The molecule has 0 saturated heterocycles. The molecular weight excluding hydrogens is 214 g/mol. The molecule has 4 heteroatoms. The van der Waals surface area contributed by atoms with Crippen LogP contribution in [-0.2, 0) is 12.8 Å². The van der Waals surface area contributed by atoms with E-state index in [9.17, 15) is 0 Å². The van der Waals surface area contributed by atoms with Gasteiger partial charge in [-0.15, -0.1) is 0 Å². The van der Waals surface area contributed by atoms with Crippen molar-refractivity contribution in [1.82, 2.24) is 9.97 Å². The lowest BCUT2D eigenvalue weighted by Gasteiger charge is -2.09. The van der Waals surface area contributed by atoms with Crippen molar-refractivity contribution in [3.05, 3.63) is 41.2 Å². The predicted molar refractivity (Wildman–Crippen MR) is 68.2 cm³/mol. The van der Waals surface area contributed by atoms with Crippen LogP contribution in [0.4, 0.5) is 5.95 Å². The average molecular weight is 231 g/mol. The van der Waals surface area contributed by atoms with Gasteiger partial charge in [-0.2, -0.15) is 0 Å². The summed E-state index contributed by atoms with van der Waals surface area (Å²) in [5, 5.41) is 0. The SMILES string of the molecule is CCc1ccc(OC)c(Cc2cnc(N)[nH]2)c1. The lowest BCUT2D eigenvalue weighted by Crippen LogP contribution is -1.96. The van der Waals surface area contributed by atoms with E-state index >= 15 is 0 Å². The number of methoxy groups -OCH3 is 1. The van der Waals surface area contributed by atoms with Gasteiger partial charge in [0, 0.05) is 17.7 Å². The number of rotatable bonds is 4. The molecule has 0 saturated carbocycles. The number of aromatic nitrogens is 2. The molecule has 2 aromatic rings. The maximum atomic E-state index is 5.56. The zero-order chi connectivity index (χ0) is 12.3. The Balaban J connectivity index is 2.29. The zero-order valence-electron chi connectivity index (χ0n) is 10.2. The van der Waals surface area contributed by atoms with Gasteiger partial charge in [-0.25, -0.2) is 4.98 Å². The number of nitrogens with two attached hydrogens (primary N) is 1. The summed E-state index contributed by atoms with van der Waals surface area (Å²) in [6.07, 6.45) is 3.52. The number of anilines is 1. The minimum atomic E-state index is 0.450. The van der Waals surface area contributed by atoms with Gasteiger partial charge in [-0.3, -0.25) is 0 Å². The summed E-state index contributed by atoms with van der Waals surface area (Å²) in [6, 6.07) is 6.26. The number of nitrogens with zero attached hydrogens (tertiary/aromatic N) is 1. The highest BCUT2D eigenvalue weighted by molar-refractivity contribution is 5.40. The first-order valence-corrected chi connectivity index (χ1v) is 5.68. The van der Waals surface area contributed by atoms with E-state index in [0.29, 0.717) is 5.95 Å². The lowest BCUT2D eigenvalue weighted by atomic mass is 10.0. The van der Waals surface area contributed by atoms with Crippen LogP contribution in [0.15, 0.2) is 24.4 Å². The number of hydrogen-bond donors (Lipinski definition) is 2. The molecule has 0 aliphatic carbocycles. The molecule has 0 spiro atoms. The van der Waals surface area contributed by atoms with Crippen LogP contribution < -0.4 is 10.5 Å². The van der Waals surface area contributed by atoms with Gasteiger partial charge in [0.1, 0.15) is 5.75 Å².